The van der Waals surface area contributed by atoms with Gasteiger partial charge in [0.15, 0.2) is 0 Å². The average Bonchev–Trinajstić information content (AvgIpc) is 2.35. The summed E-state index contributed by atoms with van der Waals surface area (Å²) >= 11 is 1.59. The fourth-order valence-corrected chi connectivity index (χ4v) is 1.98. The summed E-state index contributed by atoms with van der Waals surface area (Å²) in [6, 6.07) is 6.27. The van der Waals surface area contributed by atoms with Crippen LogP contribution >= 0.6 is 11.8 Å². The second-order valence-corrected chi connectivity index (χ2v) is 5.73. The zero-order valence-corrected chi connectivity index (χ0v) is 11.5. The molecular weight excluding hydrogens is 250 g/mol. The molecule has 5 heteroatoms. The highest BCUT2D eigenvalue weighted by molar-refractivity contribution is 8.00. The molecule has 0 fully saturated rings. The molecule has 98 valence electrons. The van der Waals surface area contributed by atoms with Crippen LogP contribution in [-0.2, 0) is 4.79 Å². The largest absolute Gasteiger partial charge is 0.478 e. The summed E-state index contributed by atoms with van der Waals surface area (Å²) in [7, 11) is 1.69. The number of hydrogen-bond acceptors (Lipinski definition) is 3. The molecular formula is C13H17NO3S. The molecule has 1 amide bonds. The lowest BCUT2D eigenvalue weighted by atomic mass is 10.2. The van der Waals surface area contributed by atoms with Crippen molar-refractivity contribution in [1.29, 1.82) is 0 Å². The maximum Gasteiger partial charge on any atom is 0.335 e. The molecule has 1 N–H and O–H groups in total. The number of carboxylic acids is 1. The van der Waals surface area contributed by atoms with Gasteiger partial charge in [0, 0.05) is 12.7 Å². The fourth-order valence-electron chi connectivity index (χ4n) is 1.31. The number of nitrogens with zero attached hydrogens (tertiary/aromatic N) is 1. The van der Waals surface area contributed by atoms with Crippen molar-refractivity contribution in [3.05, 3.63) is 29.8 Å². The van der Waals surface area contributed by atoms with Crippen LogP contribution < -0.4 is 4.90 Å². The zero-order chi connectivity index (χ0) is 13.7. The molecule has 0 aliphatic rings. The smallest absolute Gasteiger partial charge is 0.335 e. The first-order valence-electron chi connectivity index (χ1n) is 5.63. The van der Waals surface area contributed by atoms with Crippen molar-refractivity contribution in [3.63, 3.8) is 0 Å². The summed E-state index contributed by atoms with van der Waals surface area (Å²) in [4.78, 5) is 24.1. The minimum absolute atomic E-state index is 0.0109. The number of hydrogen-bond donors (Lipinski definition) is 1. The summed E-state index contributed by atoms with van der Waals surface area (Å²) in [6.45, 7) is 4.08. The molecule has 1 aromatic carbocycles. The number of carbonyl (C=O) groups excluding carboxylic acids is 1. The van der Waals surface area contributed by atoms with Gasteiger partial charge in [0.2, 0.25) is 5.91 Å². The van der Waals surface area contributed by atoms with Crippen molar-refractivity contribution in [2.75, 3.05) is 17.7 Å². The van der Waals surface area contributed by atoms with Gasteiger partial charge in [0.05, 0.1) is 11.3 Å². The lowest BCUT2D eigenvalue weighted by Gasteiger charge is -2.17. The summed E-state index contributed by atoms with van der Waals surface area (Å²) < 4.78 is 0. The molecule has 0 bridgehead atoms. The number of thioether (sulfide) groups is 1. The highest BCUT2D eigenvalue weighted by Gasteiger charge is 2.12. The number of aromatic carboxylic acids is 1. The van der Waals surface area contributed by atoms with Gasteiger partial charge in [-0.25, -0.2) is 4.79 Å². The molecule has 0 saturated heterocycles. The van der Waals surface area contributed by atoms with Gasteiger partial charge in [0.1, 0.15) is 0 Å². The third-order valence-corrected chi connectivity index (χ3v) is 3.50. The second kappa shape index (κ2) is 6.44. The molecule has 0 radical (unpaired) electrons. The van der Waals surface area contributed by atoms with Crippen molar-refractivity contribution >= 4 is 29.3 Å². The van der Waals surface area contributed by atoms with Crippen molar-refractivity contribution in [1.82, 2.24) is 0 Å². The van der Waals surface area contributed by atoms with Crippen LogP contribution in [0.5, 0.6) is 0 Å². The van der Waals surface area contributed by atoms with Crippen molar-refractivity contribution < 1.29 is 14.7 Å². The Hall–Kier alpha value is -1.49. The molecule has 0 saturated carbocycles. The van der Waals surface area contributed by atoms with E-state index in [-0.39, 0.29) is 11.5 Å². The minimum atomic E-state index is -0.967. The summed E-state index contributed by atoms with van der Waals surface area (Å²) in [5, 5.41) is 9.20. The molecule has 4 nitrogen and oxygen atoms in total. The molecule has 0 aliphatic heterocycles. The van der Waals surface area contributed by atoms with E-state index >= 15 is 0 Å². The quantitative estimate of drug-likeness (QED) is 0.890. The maximum atomic E-state index is 11.9. The van der Waals surface area contributed by atoms with Crippen LogP contribution in [0.1, 0.15) is 24.2 Å². The Balaban J connectivity index is 2.68. The van der Waals surface area contributed by atoms with Gasteiger partial charge >= 0.3 is 5.97 Å². The van der Waals surface area contributed by atoms with Crippen LogP contribution in [0.4, 0.5) is 5.69 Å². The number of benzene rings is 1. The maximum absolute atomic E-state index is 11.9. The predicted molar refractivity (Wildman–Crippen MR) is 74.4 cm³/mol. The van der Waals surface area contributed by atoms with Gasteiger partial charge in [-0.2, -0.15) is 0 Å². The highest BCUT2D eigenvalue weighted by Crippen LogP contribution is 2.16. The van der Waals surface area contributed by atoms with Gasteiger partial charge in [-0.3, -0.25) is 4.79 Å². The predicted octanol–water partition coefficient (Wildman–Crippen LogP) is 2.49. The summed E-state index contributed by atoms with van der Waals surface area (Å²) in [5.41, 5.74) is 0.922. The highest BCUT2D eigenvalue weighted by atomic mass is 32.2. The Morgan fingerprint density at radius 3 is 2.28 bits per heavy atom. The molecule has 18 heavy (non-hydrogen) atoms. The van der Waals surface area contributed by atoms with E-state index < -0.39 is 5.97 Å². The van der Waals surface area contributed by atoms with E-state index in [1.807, 2.05) is 13.8 Å². The van der Waals surface area contributed by atoms with E-state index in [1.165, 1.54) is 12.1 Å². The van der Waals surface area contributed by atoms with Gasteiger partial charge in [-0.1, -0.05) is 13.8 Å². The van der Waals surface area contributed by atoms with Gasteiger partial charge < -0.3 is 10.0 Å². The first kappa shape index (κ1) is 14.6. The molecule has 0 heterocycles. The first-order chi connectivity index (χ1) is 8.41. The zero-order valence-electron chi connectivity index (χ0n) is 10.7. The monoisotopic (exact) mass is 267 g/mol. The topological polar surface area (TPSA) is 57.6 Å². The Morgan fingerprint density at radius 2 is 1.83 bits per heavy atom. The molecule has 0 spiro atoms. The van der Waals surface area contributed by atoms with Crippen LogP contribution in [0.25, 0.3) is 0 Å². The van der Waals surface area contributed by atoms with Crippen LogP contribution in [0.3, 0.4) is 0 Å². The Morgan fingerprint density at radius 1 is 1.28 bits per heavy atom. The number of carboxylic acid groups (broad SMARTS) is 1. The molecule has 0 aliphatic carbocycles. The van der Waals surface area contributed by atoms with Crippen molar-refractivity contribution in [2.45, 2.75) is 19.1 Å². The average molecular weight is 267 g/mol. The fraction of sp³-hybridized carbons (Fsp3) is 0.385. The van der Waals surface area contributed by atoms with Gasteiger partial charge in [-0.15, -0.1) is 11.8 Å². The van der Waals surface area contributed by atoms with E-state index in [0.29, 0.717) is 16.7 Å². The third-order valence-electron chi connectivity index (χ3n) is 2.42. The summed E-state index contributed by atoms with van der Waals surface area (Å²) in [5.74, 6) is -0.530. The number of anilines is 1. The molecule has 1 aromatic rings. The van der Waals surface area contributed by atoms with E-state index in [1.54, 1.807) is 35.8 Å². The number of rotatable bonds is 5. The van der Waals surface area contributed by atoms with Gasteiger partial charge in [0.25, 0.3) is 0 Å². The normalized spacial score (nSPS) is 10.4. The van der Waals surface area contributed by atoms with E-state index in [9.17, 15) is 9.59 Å². The number of amides is 1. The molecule has 0 atom stereocenters. The lowest BCUT2D eigenvalue weighted by molar-refractivity contribution is -0.115. The Labute approximate surface area is 111 Å². The SMILES string of the molecule is CC(C)SCC(=O)N(C)c1ccc(C(=O)O)cc1. The summed E-state index contributed by atoms with van der Waals surface area (Å²) in [6.07, 6.45) is 0. The van der Waals surface area contributed by atoms with Gasteiger partial charge in [-0.05, 0) is 29.5 Å². The minimum Gasteiger partial charge on any atom is -0.478 e. The Kier molecular flexibility index (Phi) is 5.22. The molecule has 0 unspecified atom stereocenters. The third kappa shape index (κ3) is 4.07. The Bertz CT molecular complexity index is 428. The van der Waals surface area contributed by atoms with Crippen molar-refractivity contribution in [3.8, 4) is 0 Å². The molecule has 0 aromatic heterocycles. The lowest BCUT2D eigenvalue weighted by Crippen LogP contribution is -2.28. The van der Waals surface area contributed by atoms with Crippen LogP contribution in [0.15, 0.2) is 24.3 Å². The van der Waals surface area contributed by atoms with Crippen LogP contribution in [0.2, 0.25) is 0 Å². The number of carbonyl (C=O) groups is 2. The van der Waals surface area contributed by atoms with E-state index in [0.717, 1.165) is 0 Å². The van der Waals surface area contributed by atoms with Crippen LogP contribution in [-0.4, -0.2) is 35.0 Å². The second-order valence-electron chi connectivity index (χ2n) is 4.16. The molecule has 1 rings (SSSR count). The van der Waals surface area contributed by atoms with E-state index in [2.05, 4.69) is 0 Å². The standard InChI is InChI=1S/C13H17NO3S/c1-9(2)18-8-12(15)14(3)11-6-4-10(5-7-11)13(16)17/h4-7,9H,8H2,1-3H3,(H,16,17). The first-order valence-corrected chi connectivity index (χ1v) is 6.68. The van der Waals surface area contributed by atoms with E-state index in [4.69, 9.17) is 5.11 Å². The van der Waals surface area contributed by atoms with Crippen molar-refractivity contribution in [2.24, 2.45) is 0 Å². The van der Waals surface area contributed by atoms with Crippen LogP contribution in [0, 0.1) is 0 Å².